The lowest BCUT2D eigenvalue weighted by atomic mass is 9.97. The van der Waals surface area contributed by atoms with Gasteiger partial charge in [-0.3, -0.25) is 0 Å². The van der Waals surface area contributed by atoms with E-state index in [1.165, 1.54) is 5.56 Å². The first-order valence-corrected chi connectivity index (χ1v) is 9.32. The number of hydrogen-bond donors (Lipinski definition) is 1. The number of piperidine rings is 1. The van der Waals surface area contributed by atoms with E-state index in [2.05, 4.69) is 65.9 Å². The zero-order valence-corrected chi connectivity index (χ0v) is 15.0. The molecule has 136 valence electrons. The summed E-state index contributed by atoms with van der Waals surface area (Å²) in [6.07, 6.45) is 9.52. The van der Waals surface area contributed by atoms with Crippen molar-refractivity contribution in [1.82, 2.24) is 29.5 Å². The van der Waals surface area contributed by atoms with Crippen LogP contribution in [0.1, 0.15) is 30.1 Å². The van der Waals surface area contributed by atoms with Crippen molar-refractivity contribution in [3.63, 3.8) is 0 Å². The summed E-state index contributed by atoms with van der Waals surface area (Å²) in [7, 11) is 0. The zero-order valence-electron chi connectivity index (χ0n) is 15.0. The molecule has 1 aliphatic heterocycles. The molecule has 1 fully saturated rings. The highest BCUT2D eigenvalue weighted by Crippen LogP contribution is 2.30. The van der Waals surface area contributed by atoms with Crippen molar-refractivity contribution in [2.45, 2.75) is 25.3 Å². The van der Waals surface area contributed by atoms with Gasteiger partial charge in [0.25, 0.3) is 0 Å². The maximum absolute atomic E-state index is 4.70. The van der Waals surface area contributed by atoms with Crippen LogP contribution in [0.2, 0.25) is 0 Å². The van der Waals surface area contributed by atoms with E-state index in [1.807, 2.05) is 6.20 Å². The quantitative estimate of drug-likeness (QED) is 0.606. The van der Waals surface area contributed by atoms with Crippen LogP contribution in [-0.4, -0.2) is 42.6 Å². The van der Waals surface area contributed by atoms with Gasteiger partial charge in [0, 0.05) is 37.9 Å². The molecule has 1 saturated heterocycles. The second kappa shape index (κ2) is 6.83. The summed E-state index contributed by atoms with van der Waals surface area (Å²) in [5.41, 5.74) is 2.91. The van der Waals surface area contributed by atoms with E-state index >= 15 is 0 Å². The Bertz CT molecular complexity index is 1040. The van der Waals surface area contributed by atoms with Gasteiger partial charge in [-0.15, -0.1) is 0 Å². The Kier molecular flexibility index (Phi) is 4.04. The number of aromatic amines is 1. The van der Waals surface area contributed by atoms with Crippen molar-refractivity contribution in [2.24, 2.45) is 0 Å². The van der Waals surface area contributed by atoms with Crippen LogP contribution >= 0.6 is 0 Å². The van der Waals surface area contributed by atoms with Crippen molar-refractivity contribution < 1.29 is 0 Å². The molecule has 0 aliphatic carbocycles. The standard InChI is InChI=1S/C20H21N7/c1-2-5-15(6-3-1)11-27-10-8-21-19(27)16-7-4-9-26(12-16)20-17-18(23-13-22-17)24-14-25-20/h1-3,5-6,8,10,13-14,16H,4,7,9,11-12H2,(H,22,23,24,25)/t16-/m0/s1. The molecule has 0 radical (unpaired) electrons. The van der Waals surface area contributed by atoms with E-state index in [9.17, 15) is 0 Å². The smallest absolute Gasteiger partial charge is 0.182 e. The molecule has 1 N–H and O–H groups in total. The summed E-state index contributed by atoms with van der Waals surface area (Å²) >= 11 is 0. The molecule has 7 heteroatoms. The van der Waals surface area contributed by atoms with Gasteiger partial charge >= 0.3 is 0 Å². The molecule has 4 heterocycles. The number of nitrogens with one attached hydrogen (secondary N) is 1. The molecule has 3 aromatic heterocycles. The van der Waals surface area contributed by atoms with Crippen molar-refractivity contribution in [2.75, 3.05) is 18.0 Å². The van der Waals surface area contributed by atoms with Gasteiger partial charge < -0.3 is 14.5 Å². The molecular formula is C20H21N7. The van der Waals surface area contributed by atoms with Gasteiger partial charge in [0.2, 0.25) is 0 Å². The minimum absolute atomic E-state index is 0.380. The van der Waals surface area contributed by atoms with Crippen molar-refractivity contribution >= 4 is 17.0 Å². The van der Waals surface area contributed by atoms with Gasteiger partial charge in [-0.2, -0.15) is 0 Å². The first-order chi connectivity index (χ1) is 13.4. The number of nitrogens with zero attached hydrogens (tertiary/aromatic N) is 6. The van der Waals surface area contributed by atoms with Crippen LogP contribution in [0.4, 0.5) is 5.82 Å². The summed E-state index contributed by atoms with van der Waals surface area (Å²) < 4.78 is 2.27. The topological polar surface area (TPSA) is 75.5 Å². The van der Waals surface area contributed by atoms with Gasteiger partial charge in [-0.05, 0) is 18.4 Å². The number of hydrogen-bond acceptors (Lipinski definition) is 5. The fourth-order valence-corrected chi connectivity index (χ4v) is 3.97. The molecule has 4 aromatic rings. The highest BCUT2D eigenvalue weighted by atomic mass is 15.2. The van der Waals surface area contributed by atoms with E-state index < -0.39 is 0 Å². The summed E-state index contributed by atoms with van der Waals surface area (Å²) in [5.74, 6) is 2.47. The first-order valence-electron chi connectivity index (χ1n) is 9.32. The second-order valence-corrected chi connectivity index (χ2v) is 6.98. The van der Waals surface area contributed by atoms with Gasteiger partial charge in [0.1, 0.15) is 17.7 Å². The minimum atomic E-state index is 0.380. The van der Waals surface area contributed by atoms with E-state index in [0.29, 0.717) is 11.6 Å². The van der Waals surface area contributed by atoms with Gasteiger partial charge in [0.15, 0.2) is 11.5 Å². The third-order valence-electron chi connectivity index (χ3n) is 5.23. The molecule has 0 bridgehead atoms. The lowest BCUT2D eigenvalue weighted by molar-refractivity contribution is 0.474. The van der Waals surface area contributed by atoms with Crippen molar-refractivity contribution in [1.29, 1.82) is 0 Å². The normalized spacial score (nSPS) is 17.5. The monoisotopic (exact) mass is 359 g/mol. The molecule has 1 aromatic carbocycles. The van der Waals surface area contributed by atoms with E-state index in [-0.39, 0.29) is 0 Å². The Morgan fingerprint density at radius 2 is 2.00 bits per heavy atom. The average Bonchev–Trinajstić information content (AvgIpc) is 3.38. The Morgan fingerprint density at radius 1 is 1.07 bits per heavy atom. The maximum atomic E-state index is 4.70. The Balaban J connectivity index is 1.41. The largest absolute Gasteiger partial charge is 0.354 e. The van der Waals surface area contributed by atoms with E-state index in [4.69, 9.17) is 4.98 Å². The molecule has 27 heavy (non-hydrogen) atoms. The van der Waals surface area contributed by atoms with Crippen molar-refractivity contribution in [3.05, 3.63) is 66.8 Å². The second-order valence-electron chi connectivity index (χ2n) is 6.98. The summed E-state index contributed by atoms with van der Waals surface area (Å²) in [5, 5.41) is 0. The Morgan fingerprint density at radius 3 is 2.93 bits per heavy atom. The molecule has 0 unspecified atom stereocenters. The number of benzene rings is 1. The Hall–Kier alpha value is -3.22. The van der Waals surface area contributed by atoms with E-state index in [1.54, 1.807) is 12.7 Å². The molecule has 0 saturated carbocycles. The number of imidazole rings is 2. The van der Waals surface area contributed by atoms with Gasteiger partial charge in [-0.25, -0.2) is 19.9 Å². The van der Waals surface area contributed by atoms with Crippen LogP contribution in [0.25, 0.3) is 11.2 Å². The SMILES string of the molecule is c1ccc(Cn2ccnc2[C@H]2CCCN(c3ncnc4nc[nH]c34)C2)cc1. The predicted octanol–water partition coefficient (Wildman–Crippen LogP) is 2.98. The lowest BCUT2D eigenvalue weighted by Gasteiger charge is -2.33. The van der Waals surface area contributed by atoms with Crippen molar-refractivity contribution in [3.8, 4) is 0 Å². The summed E-state index contributed by atoms with van der Waals surface area (Å²) in [6.45, 7) is 2.74. The van der Waals surface area contributed by atoms with E-state index in [0.717, 1.165) is 49.6 Å². The number of aromatic nitrogens is 6. The highest BCUT2D eigenvalue weighted by Gasteiger charge is 2.27. The number of H-pyrrole nitrogens is 1. The highest BCUT2D eigenvalue weighted by molar-refractivity contribution is 5.82. The molecule has 0 spiro atoms. The zero-order chi connectivity index (χ0) is 18.1. The molecule has 0 amide bonds. The molecule has 7 nitrogen and oxygen atoms in total. The van der Waals surface area contributed by atoms with Crippen LogP contribution in [0, 0.1) is 0 Å². The third-order valence-corrected chi connectivity index (χ3v) is 5.23. The number of fused-ring (bicyclic) bond motifs is 1. The van der Waals surface area contributed by atoms with Gasteiger partial charge in [0.05, 0.1) is 6.33 Å². The van der Waals surface area contributed by atoms with Gasteiger partial charge in [-0.1, -0.05) is 30.3 Å². The predicted molar refractivity (Wildman–Crippen MR) is 104 cm³/mol. The van der Waals surface area contributed by atoms with Crippen LogP contribution in [0.5, 0.6) is 0 Å². The summed E-state index contributed by atoms with van der Waals surface area (Å²) in [4.78, 5) is 23.2. The molecule has 1 atom stereocenters. The average molecular weight is 359 g/mol. The first kappa shape index (κ1) is 16.0. The molecule has 5 rings (SSSR count). The molecular weight excluding hydrogens is 338 g/mol. The third kappa shape index (κ3) is 3.05. The summed E-state index contributed by atoms with van der Waals surface area (Å²) in [6, 6.07) is 10.5. The fraction of sp³-hybridized carbons (Fsp3) is 0.300. The van der Waals surface area contributed by atoms with Crippen LogP contribution < -0.4 is 4.90 Å². The van der Waals surface area contributed by atoms with Crippen LogP contribution in [-0.2, 0) is 6.54 Å². The maximum Gasteiger partial charge on any atom is 0.182 e. The molecule has 1 aliphatic rings. The number of anilines is 1. The van der Waals surface area contributed by atoms with Crippen LogP contribution in [0.3, 0.4) is 0 Å². The number of rotatable bonds is 4. The minimum Gasteiger partial charge on any atom is -0.354 e. The van der Waals surface area contributed by atoms with Crippen LogP contribution in [0.15, 0.2) is 55.4 Å². The lowest BCUT2D eigenvalue weighted by Crippen LogP contribution is -2.36. The fourth-order valence-electron chi connectivity index (χ4n) is 3.97. The Labute approximate surface area is 157 Å².